The molecule has 1 aliphatic carbocycles. The van der Waals surface area contributed by atoms with Gasteiger partial charge in [-0.05, 0) is 25.2 Å². The maximum absolute atomic E-state index is 5.46. The molecule has 70 valence electrons. The molecule has 1 unspecified atom stereocenters. The predicted molar refractivity (Wildman–Crippen MR) is 49.2 cm³/mol. The number of hydrogen-bond donors (Lipinski definition) is 0. The van der Waals surface area contributed by atoms with Gasteiger partial charge < -0.3 is 4.74 Å². The summed E-state index contributed by atoms with van der Waals surface area (Å²) in [5.41, 5.74) is 0. The minimum atomic E-state index is 0.708. The van der Waals surface area contributed by atoms with Gasteiger partial charge >= 0.3 is 0 Å². The predicted octanol–water partition coefficient (Wildman–Crippen LogP) is 1.51. The van der Waals surface area contributed by atoms with Crippen LogP contribution in [0.1, 0.15) is 26.2 Å². The minimum absolute atomic E-state index is 0.708. The van der Waals surface area contributed by atoms with E-state index in [9.17, 15) is 0 Å². The number of morpholine rings is 1. The van der Waals surface area contributed by atoms with E-state index in [4.69, 9.17) is 4.74 Å². The van der Waals surface area contributed by atoms with Crippen LogP contribution in [0.2, 0.25) is 0 Å². The molecule has 2 heteroatoms. The summed E-state index contributed by atoms with van der Waals surface area (Å²) in [6.45, 7) is 6.67. The van der Waals surface area contributed by atoms with Crippen LogP contribution >= 0.6 is 0 Å². The van der Waals surface area contributed by atoms with E-state index in [-0.39, 0.29) is 0 Å². The Kier molecular flexibility index (Phi) is 2.66. The van der Waals surface area contributed by atoms with Crippen LogP contribution < -0.4 is 0 Å². The largest absolute Gasteiger partial charge is 0.378 e. The van der Waals surface area contributed by atoms with E-state index >= 15 is 0 Å². The van der Waals surface area contributed by atoms with Gasteiger partial charge in [0.15, 0.2) is 0 Å². The molecule has 0 spiro atoms. The molecule has 2 nitrogen and oxygen atoms in total. The number of nitrogens with zero attached hydrogens (tertiary/aromatic N) is 1. The summed E-state index contributed by atoms with van der Waals surface area (Å²) in [4.78, 5) is 2.63. The van der Waals surface area contributed by atoms with Gasteiger partial charge in [-0.25, -0.2) is 0 Å². The van der Waals surface area contributed by atoms with E-state index in [1.54, 1.807) is 0 Å². The second-order valence-corrected chi connectivity index (χ2v) is 4.08. The third-order valence-electron chi connectivity index (χ3n) is 3.01. The molecule has 0 aromatic carbocycles. The summed E-state index contributed by atoms with van der Waals surface area (Å²) in [6, 6.07) is 0.708. The van der Waals surface area contributed by atoms with Gasteiger partial charge in [0.05, 0.1) is 13.2 Å². The van der Waals surface area contributed by atoms with Gasteiger partial charge in [-0.1, -0.05) is 6.92 Å². The molecule has 1 saturated heterocycles. The summed E-state index contributed by atoms with van der Waals surface area (Å²) >= 11 is 0. The Bertz CT molecular complexity index is 145. The summed E-state index contributed by atoms with van der Waals surface area (Å²) in [7, 11) is 0. The SMILES string of the molecule is CCC1COCCN1CC1CC1. The van der Waals surface area contributed by atoms with Crippen molar-refractivity contribution in [2.75, 3.05) is 26.3 Å². The van der Waals surface area contributed by atoms with E-state index in [2.05, 4.69) is 11.8 Å². The van der Waals surface area contributed by atoms with Gasteiger partial charge in [0.25, 0.3) is 0 Å². The van der Waals surface area contributed by atoms with Gasteiger partial charge in [0.1, 0.15) is 0 Å². The minimum Gasteiger partial charge on any atom is -0.378 e. The molecule has 1 atom stereocenters. The molecule has 0 bridgehead atoms. The van der Waals surface area contributed by atoms with Crippen molar-refractivity contribution in [1.82, 2.24) is 4.90 Å². The average molecular weight is 169 g/mol. The van der Waals surface area contributed by atoms with Crippen LogP contribution in [0.15, 0.2) is 0 Å². The molecule has 0 radical (unpaired) electrons. The highest BCUT2D eigenvalue weighted by Crippen LogP contribution is 2.30. The topological polar surface area (TPSA) is 12.5 Å². The number of rotatable bonds is 3. The van der Waals surface area contributed by atoms with Crippen LogP contribution in [0.25, 0.3) is 0 Å². The first kappa shape index (κ1) is 8.52. The summed E-state index contributed by atoms with van der Waals surface area (Å²) in [5, 5.41) is 0. The lowest BCUT2D eigenvalue weighted by molar-refractivity contribution is -0.0106. The molecule has 0 N–H and O–H groups in total. The van der Waals surface area contributed by atoms with E-state index in [0.717, 1.165) is 25.7 Å². The van der Waals surface area contributed by atoms with Gasteiger partial charge in [-0.15, -0.1) is 0 Å². The molecule has 0 amide bonds. The Labute approximate surface area is 74.9 Å². The molecular weight excluding hydrogens is 150 g/mol. The van der Waals surface area contributed by atoms with Crippen molar-refractivity contribution < 1.29 is 4.74 Å². The van der Waals surface area contributed by atoms with Crippen LogP contribution in [-0.4, -0.2) is 37.2 Å². The van der Waals surface area contributed by atoms with Crippen molar-refractivity contribution in [1.29, 1.82) is 0 Å². The molecular formula is C10H19NO. The molecule has 0 aromatic heterocycles. The summed E-state index contributed by atoms with van der Waals surface area (Å²) in [5.74, 6) is 1.03. The molecule has 2 aliphatic rings. The highest BCUT2D eigenvalue weighted by atomic mass is 16.5. The first-order chi connectivity index (χ1) is 5.90. The lowest BCUT2D eigenvalue weighted by Crippen LogP contribution is -2.45. The highest BCUT2D eigenvalue weighted by molar-refractivity contribution is 4.82. The Balaban J connectivity index is 1.81. The number of hydrogen-bond acceptors (Lipinski definition) is 2. The summed E-state index contributed by atoms with van der Waals surface area (Å²) in [6.07, 6.45) is 4.17. The average Bonchev–Trinajstić information content (AvgIpc) is 2.89. The monoisotopic (exact) mass is 169 g/mol. The third-order valence-corrected chi connectivity index (χ3v) is 3.01. The van der Waals surface area contributed by atoms with Crippen molar-refractivity contribution in [2.24, 2.45) is 5.92 Å². The van der Waals surface area contributed by atoms with Crippen molar-refractivity contribution in [2.45, 2.75) is 32.2 Å². The fraction of sp³-hybridized carbons (Fsp3) is 1.00. The lowest BCUT2D eigenvalue weighted by atomic mass is 10.1. The van der Waals surface area contributed by atoms with Crippen molar-refractivity contribution in [3.05, 3.63) is 0 Å². The van der Waals surface area contributed by atoms with E-state index < -0.39 is 0 Å². The van der Waals surface area contributed by atoms with Crippen LogP contribution in [0.3, 0.4) is 0 Å². The maximum Gasteiger partial charge on any atom is 0.0622 e. The van der Waals surface area contributed by atoms with E-state index in [1.807, 2.05) is 0 Å². The zero-order chi connectivity index (χ0) is 8.39. The molecule has 2 fully saturated rings. The van der Waals surface area contributed by atoms with Crippen LogP contribution in [0, 0.1) is 5.92 Å². The quantitative estimate of drug-likeness (QED) is 0.635. The smallest absolute Gasteiger partial charge is 0.0622 e. The van der Waals surface area contributed by atoms with Crippen molar-refractivity contribution in [3.63, 3.8) is 0 Å². The second kappa shape index (κ2) is 3.75. The van der Waals surface area contributed by atoms with Crippen molar-refractivity contribution >= 4 is 0 Å². The Morgan fingerprint density at radius 1 is 1.42 bits per heavy atom. The third kappa shape index (κ3) is 1.99. The van der Waals surface area contributed by atoms with E-state index in [1.165, 1.54) is 25.8 Å². The molecule has 2 rings (SSSR count). The molecule has 0 aromatic rings. The van der Waals surface area contributed by atoms with E-state index in [0.29, 0.717) is 6.04 Å². The molecule has 12 heavy (non-hydrogen) atoms. The van der Waals surface area contributed by atoms with Gasteiger partial charge in [0.2, 0.25) is 0 Å². The Morgan fingerprint density at radius 2 is 2.25 bits per heavy atom. The highest BCUT2D eigenvalue weighted by Gasteiger charge is 2.28. The first-order valence-electron chi connectivity index (χ1n) is 5.22. The van der Waals surface area contributed by atoms with Gasteiger partial charge in [-0.3, -0.25) is 4.90 Å². The molecule has 1 saturated carbocycles. The fourth-order valence-corrected chi connectivity index (χ4v) is 1.94. The lowest BCUT2D eigenvalue weighted by Gasteiger charge is -2.35. The zero-order valence-electron chi connectivity index (χ0n) is 7.96. The molecule has 1 aliphatic heterocycles. The zero-order valence-corrected chi connectivity index (χ0v) is 7.96. The Morgan fingerprint density at radius 3 is 2.92 bits per heavy atom. The van der Waals surface area contributed by atoms with Gasteiger partial charge in [-0.2, -0.15) is 0 Å². The maximum atomic E-state index is 5.46. The van der Waals surface area contributed by atoms with Crippen molar-refractivity contribution in [3.8, 4) is 0 Å². The molecule has 1 heterocycles. The van der Waals surface area contributed by atoms with Crippen LogP contribution in [0.5, 0.6) is 0 Å². The fourth-order valence-electron chi connectivity index (χ4n) is 1.94. The standard InChI is InChI=1S/C10H19NO/c1-2-10-8-12-6-5-11(10)7-9-3-4-9/h9-10H,2-8H2,1H3. The van der Waals surface area contributed by atoms with Crippen LogP contribution in [0.4, 0.5) is 0 Å². The summed E-state index contributed by atoms with van der Waals surface area (Å²) < 4.78 is 5.46. The number of ether oxygens (including phenoxy) is 1. The normalized spacial score (nSPS) is 32.2. The first-order valence-corrected chi connectivity index (χ1v) is 5.22. The van der Waals surface area contributed by atoms with Crippen LogP contribution in [-0.2, 0) is 4.74 Å². The Hall–Kier alpha value is -0.0800. The second-order valence-electron chi connectivity index (χ2n) is 4.08. The van der Waals surface area contributed by atoms with Gasteiger partial charge in [0, 0.05) is 19.1 Å².